The number of ketones is 1. The molecule has 0 fully saturated rings. The molecule has 0 saturated carbocycles. The first kappa shape index (κ1) is 27.3. The summed E-state index contributed by atoms with van der Waals surface area (Å²) in [7, 11) is 4.01. The number of hydrogen-bond acceptors (Lipinski definition) is 8. The smallest absolute Gasteiger partial charge is 0.271 e. The van der Waals surface area contributed by atoms with Crippen LogP contribution in [0.15, 0.2) is 41.4 Å². The number of nitrogens with two attached hydrogens (primary N) is 1. The summed E-state index contributed by atoms with van der Waals surface area (Å²) in [6.45, 7) is 9.51. The Hall–Kier alpha value is -3.31. The van der Waals surface area contributed by atoms with Crippen molar-refractivity contribution < 1.29 is 19.4 Å². The Morgan fingerprint density at radius 1 is 1.18 bits per heavy atom. The number of ether oxygens (including phenoxy) is 1. The number of aliphatic hydroxyl groups is 1. The zero-order valence-electron chi connectivity index (χ0n) is 23.1. The molecule has 1 aromatic heterocycles. The van der Waals surface area contributed by atoms with Crippen LogP contribution in [0.25, 0.3) is 0 Å². The summed E-state index contributed by atoms with van der Waals surface area (Å²) < 4.78 is 9.49. The maximum Gasteiger partial charge on any atom is 0.271 e. The summed E-state index contributed by atoms with van der Waals surface area (Å²) in [6, 6.07) is 10.3. The number of Topliss-reactive ketones (excluding diaryl/α,β-unsaturated/α-hetero) is 1. The number of carbonyl (C=O) groups is 2. The largest absolute Gasteiger partial charge is 0.454 e. The zero-order valence-corrected chi connectivity index (χ0v) is 23.9. The molecule has 2 atom stereocenters. The van der Waals surface area contributed by atoms with Gasteiger partial charge in [-0.1, -0.05) is 38.1 Å². The minimum Gasteiger partial charge on any atom is -0.454 e. The van der Waals surface area contributed by atoms with Crippen molar-refractivity contribution in [2.45, 2.75) is 50.0 Å². The molecule has 0 saturated heterocycles. The molecule has 1 amide bonds. The third-order valence-electron chi connectivity index (χ3n) is 7.75. The lowest BCUT2D eigenvalue weighted by atomic mass is 9.82. The number of fused-ring (bicyclic) bond motifs is 5. The van der Waals surface area contributed by atoms with Crippen molar-refractivity contribution in [1.29, 1.82) is 0 Å². The molecule has 206 valence electrons. The second kappa shape index (κ2) is 9.71. The summed E-state index contributed by atoms with van der Waals surface area (Å²) in [5.74, 6) is -2.65. The van der Waals surface area contributed by atoms with Gasteiger partial charge in [-0.3, -0.25) is 14.3 Å². The van der Waals surface area contributed by atoms with Crippen LogP contribution in [-0.4, -0.2) is 53.9 Å². The van der Waals surface area contributed by atoms with Gasteiger partial charge in [-0.05, 0) is 74.6 Å². The van der Waals surface area contributed by atoms with Crippen molar-refractivity contribution in [2.75, 3.05) is 32.9 Å². The van der Waals surface area contributed by atoms with Gasteiger partial charge in [0, 0.05) is 29.9 Å². The van der Waals surface area contributed by atoms with Crippen LogP contribution in [-0.2, 0) is 11.3 Å². The fraction of sp³-hybridized carbons (Fsp3) is 0.379. The molecule has 0 bridgehead atoms. The van der Waals surface area contributed by atoms with Crippen LogP contribution >= 0.6 is 11.9 Å². The first-order valence-corrected chi connectivity index (χ1v) is 13.8. The van der Waals surface area contributed by atoms with Gasteiger partial charge >= 0.3 is 0 Å². The van der Waals surface area contributed by atoms with Gasteiger partial charge in [-0.25, -0.2) is 0 Å². The second-order valence-corrected chi connectivity index (χ2v) is 11.7. The highest BCUT2D eigenvalue weighted by atomic mass is 32.2. The monoisotopic (exact) mass is 549 g/mol. The van der Waals surface area contributed by atoms with E-state index in [9.17, 15) is 14.7 Å². The third-order valence-corrected chi connectivity index (χ3v) is 8.71. The van der Waals surface area contributed by atoms with Gasteiger partial charge < -0.3 is 30.8 Å². The second-order valence-electron chi connectivity index (χ2n) is 10.8. The first-order chi connectivity index (χ1) is 18.4. The molecule has 2 heterocycles. The van der Waals surface area contributed by atoms with Gasteiger partial charge in [0.1, 0.15) is 11.4 Å². The lowest BCUT2D eigenvalue weighted by molar-refractivity contribution is -0.169. The molecule has 2 aromatic carbocycles. The molecule has 6 N–H and O–H groups in total. The van der Waals surface area contributed by atoms with E-state index >= 15 is 0 Å². The van der Waals surface area contributed by atoms with Crippen molar-refractivity contribution in [3.8, 4) is 5.75 Å². The lowest BCUT2D eigenvalue weighted by Gasteiger charge is -2.34. The highest BCUT2D eigenvalue weighted by Gasteiger charge is 2.72. The molecular formula is C29H35N5O4S. The maximum absolute atomic E-state index is 14.2. The van der Waals surface area contributed by atoms with Crippen LogP contribution in [0.5, 0.6) is 5.75 Å². The van der Waals surface area contributed by atoms with Crippen molar-refractivity contribution in [3.05, 3.63) is 75.5 Å². The third kappa shape index (κ3) is 4.05. The van der Waals surface area contributed by atoms with E-state index in [0.29, 0.717) is 17.0 Å². The number of benzene rings is 2. The van der Waals surface area contributed by atoms with Crippen molar-refractivity contribution in [2.24, 2.45) is 0 Å². The van der Waals surface area contributed by atoms with E-state index in [1.165, 1.54) is 11.9 Å². The molecular weight excluding hydrogens is 514 g/mol. The first-order valence-electron chi connectivity index (χ1n) is 13.0. The summed E-state index contributed by atoms with van der Waals surface area (Å²) in [5, 5.41) is 15.9. The average molecular weight is 550 g/mol. The molecule has 10 heteroatoms. The van der Waals surface area contributed by atoms with Gasteiger partial charge in [0.25, 0.3) is 11.7 Å². The number of carbonyl (C=O) groups excluding carboxylic acids is 2. The maximum atomic E-state index is 14.2. The van der Waals surface area contributed by atoms with Crippen LogP contribution in [0.2, 0.25) is 0 Å². The minimum absolute atomic E-state index is 0.152. The lowest BCUT2D eigenvalue weighted by Crippen LogP contribution is -2.60. The van der Waals surface area contributed by atoms with Crippen molar-refractivity contribution >= 4 is 29.3 Å². The Kier molecular flexibility index (Phi) is 6.79. The van der Waals surface area contributed by atoms with E-state index in [-0.39, 0.29) is 22.7 Å². The van der Waals surface area contributed by atoms with E-state index in [2.05, 4.69) is 19.9 Å². The highest BCUT2D eigenvalue weighted by Crippen LogP contribution is 2.59. The van der Waals surface area contributed by atoms with Crippen LogP contribution in [0.3, 0.4) is 0 Å². The predicted molar refractivity (Wildman–Crippen MR) is 152 cm³/mol. The fourth-order valence-corrected chi connectivity index (χ4v) is 6.16. The number of hydrogen-bond donors (Lipinski definition) is 5. The molecule has 5 rings (SSSR count). The number of nitrogens with one attached hydrogen (secondary N) is 3. The van der Waals surface area contributed by atoms with Gasteiger partial charge in [0.2, 0.25) is 11.3 Å². The molecule has 0 spiro atoms. The predicted octanol–water partition coefficient (Wildman–Crippen LogP) is 3.55. The van der Waals surface area contributed by atoms with E-state index in [1.807, 2.05) is 53.9 Å². The van der Waals surface area contributed by atoms with Crippen LogP contribution in [0.1, 0.15) is 68.4 Å². The molecule has 2 aliphatic rings. The van der Waals surface area contributed by atoms with Crippen LogP contribution in [0, 0.1) is 13.8 Å². The molecule has 0 radical (unpaired) electrons. The normalized spacial score (nSPS) is 21.2. The quantitative estimate of drug-likeness (QED) is 0.164. The summed E-state index contributed by atoms with van der Waals surface area (Å²) in [6.07, 6.45) is 0. The number of anilines is 1. The van der Waals surface area contributed by atoms with Crippen molar-refractivity contribution in [1.82, 2.24) is 19.9 Å². The summed E-state index contributed by atoms with van der Waals surface area (Å²) in [4.78, 5) is 33.4. The standard InChI is InChI=1S/C29H35N5O4S/c1-15(2)18-10-11-19-22(14-18)38-29(37)20-8-7-9-21(30)23(20)25(35)28(19,29)33-26(36)24-16(3)17(4)27(32-24)39-31-12-13-34(5)6/h7-11,14-15,31-32,37H,12-13,30H2,1-6H3,(H,33,36). The van der Waals surface area contributed by atoms with E-state index in [4.69, 9.17) is 10.5 Å². The zero-order chi connectivity index (χ0) is 28.3. The summed E-state index contributed by atoms with van der Waals surface area (Å²) in [5.41, 5.74) is 8.27. The van der Waals surface area contributed by atoms with Gasteiger partial charge in [-0.15, -0.1) is 0 Å². The molecule has 1 aliphatic carbocycles. The number of rotatable bonds is 8. The number of aromatic amines is 1. The SMILES string of the molecule is Cc1c(SNCCN(C)C)[nH]c(C(=O)NC23C(=O)c4c(N)cccc4C2(O)Oc2cc(C(C)C)ccc23)c1C. The number of nitrogen functional groups attached to an aromatic ring is 1. The average Bonchev–Trinajstić information content (AvgIpc) is 3.38. The van der Waals surface area contributed by atoms with Crippen LogP contribution < -0.4 is 20.5 Å². The number of aromatic nitrogens is 1. The Bertz CT molecular complexity index is 1480. The van der Waals surface area contributed by atoms with E-state index in [0.717, 1.165) is 34.8 Å². The van der Waals surface area contributed by atoms with Crippen molar-refractivity contribution in [3.63, 3.8) is 0 Å². The molecule has 39 heavy (non-hydrogen) atoms. The number of H-pyrrole nitrogens is 1. The number of amides is 1. The Labute approximate surface area is 232 Å². The fourth-order valence-electron chi connectivity index (χ4n) is 5.36. The van der Waals surface area contributed by atoms with E-state index < -0.39 is 23.0 Å². The molecule has 1 aliphatic heterocycles. The van der Waals surface area contributed by atoms with Gasteiger partial charge in [-0.2, -0.15) is 0 Å². The van der Waals surface area contributed by atoms with Gasteiger partial charge in [0.05, 0.1) is 10.6 Å². The topological polar surface area (TPSA) is 133 Å². The molecule has 3 aromatic rings. The minimum atomic E-state index is -2.16. The Morgan fingerprint density at radius 2 is 1.92 bits per heavy atom. The number of likely N-dealkylation sites (N-methyl/N-ethyl adjacent to an activating group) is 1. The van der Waals surface area contributed by atoms with Crippen LogP contribution in [0.4, 0.5) is 5.69 Å². The molecule has 2 unspecified atom stereocenters. The van der Waals surface area contributed by atoms with Gasteiger partial charge in [0.15, 0.2) is 0 Å². The molecule has 9 nitrogen and oxygen atoms in total. The highest BCUT2D eigenvalue weighted by molar-refractivity contribution is 7.97. The Balaban J connectivity index is 1.56. The van der Waals surface area contributed by atoms with E-state index in [1.54, 1.807) is 24.3 Å². The Morgan fingerprint density at radius 3 is 2.62 bits per heavy atom. The number of nitrogens with zero attached hydrogens (tertiary/aromatic N) is 1. The summed E-state index contributed by atoms with van der Waals surface area (Å²) >= 11 is 1.42.